The van der Waals surface area contributed by atoms with Crippen molar-refractivity contribution in [1.29, 1.82) is 0 Å². The molecule has 148 valence electrons. The fraction of sp³-hybridized carbons (Fsp3) is 0.619. The molecule has 27 heavy (non-hydrogen) atoms. The minimum absolute atomic E-state index is 0.107. The maximum absolute atomic E-state index is 13.3. The Bertz CT molecular complexity index is 797. The van der Waals surface area contributed by atoms with Crippen LogP contribution in [0.15, 0.2) is 18.3 Å². The third kappa shape index (κ3) is 4.50. The molecule has 3 heterocycles. The molecule has 0 radical (unpaired) electrons. The van der Waals surface area contributed by atoms with E-state index in [0.29, 0.717) is 11.7 Å². The zero-order valence-corrected chi connectivity index (χ0v) is 17.4. The predicted molar refractivity (Wildman–Crippen MR) is 109 cm³/mol. The number of likely N-dealkylation sites (N-methyl/N-ethyl adjacent to an activating group) is 1. The lowest BCUT2D eigenvalue weighted by molar-refractivity contribution is 0.0600. The number of pyridine rings is 1. The van der Waals surface area contributed by atoms with Crippen LogP contribution in [-0.2, 0) is 0 Å². The molecule has 1 aliphatic heterocycles. The summed E-state index contributed by atoms with van der Waals surface area (Å²) in [7, 11) is 6.41. The molecule has 6 heteroatoms. The second-order valence-corrected chi connectivity index (χ2v) is 8.16. The van der Waals surface area contributed by atoms with Gasteiger partial charge in [0.2, 0.25) is 0 Å². The van der Waals surface area contributed by atoms with Gasteiger partial charge < -0.3 is 14.7 Å². The summed E-state index contributed by atoms with van der Waals surface area (Å²) in [6.45, 7) is 7.78. The third-order valence-electron chi connectivity index (χ3n) is 5.58. The van der Waals surface area contributed by atoms with Gasteiger partial charge in [0.05, 0.1) is 5.69 Å². The van der Waals surface area contributed by atoms with Crippen LogP contribution in [0.3, 0.4) is 0 Å². The Labute approximate surface area is 162 Å². The highest BCUT2D eigenvalue weighted by atomic mass is 16.2. The monoisotopic (exact) mass is 371 g/mol. The summed E-state index contributed by atoms with van der Waals surface area (Å²) < 4.78 is 1.94. The van der Waals surface area contributed by atoms with Gasteiger partial charge >= 0.3 is 0 Å². The molecule has 1 fully saturated rings. The van der Waals surface area contributed by atoms with Crippen molar-refractivity contribution in [1.82, 2.24) is 24.1 Å². The van der Waals surface area contributed by atoms with Crippen molar-refractivity contribution in [2.45, 2.75) is 39.2 Å². The molecule has 1 unspecified atom stereocenters. The molecule has 0 saturated carbocycles. The molecular weight excluding hydrogens is 338 g/mol. The highest BCUT2D eigenvalue weighted by molar-refractivity contribution is 5.94. The molecular formula is C21H33N5O. The highest BCUT2D eigenvalue weighted by Crippen LogP contribution is 2.20. The first-order valence-electron chi connectivity index (χ1n) is 9.96. The normalized spacial score (nSPS) is 18.0. The summed E-state index contributed by atoms with van der Waals surface area (Å²) >= 11 is 0. The van der Waals surface area contributed by atoms with Gasteiger partial charge in [-0.15, -0.1) is 0 Å². The molecule has 0 aromatic carbocycles. The molecule has 2 aromatic heterocycles. The highest BCUT2D eigenvalue weighted by Gasteiger charge is 2.29. The van der Waals surface area contributed by atoms with Gasteiger partial charge in [-0.1, -0.05) is 0 Å². The second-order valence-electron chi connectivity index (χ2n) is 8.16. The third-order valence-corrected chi connectivity index (χ3v) is 5.58. The molecule has 1 atom stereocenters. The van der Waals surface area contributed by atoms with E-state index in [0.717, 1.165) is 62.3 Å². The molecule has 6 nitrogen and oxygen atoms in total. The fourth-order valence-corrected chi connectivity index (χ4v) is 3.99. The van der Waals surface area contributed by atoms with Gasteiger partial charge in [-0.2, -0.15) is 0 Å². The van der Waals surface area contributed by atoms with Crippen molar-refractivity contribution in [2.24, 2.45) is 0 Å². The van der Waals surface area contributed by atoms with E-state index in [1.807, 2.05) is 41.5 Å². The van der Waals surface area contributed by atoms with E-state index in [-0.39, 0.29) is 5.91 Å². The first-order valence-corrected chi connectivity index (χ1v) is 9.96. The summed E-state index contributed by atoms with van der Waals surface area (Å²) in [5.74, 6) is 0.107. The Kier molecular flexibility index (Phi) is 6.17. The van der Waals surface area contributed by atoms with E-state index in [4.69, 9.17) is 0 Å². The lowest BCUT2D eigenvalue weighted by atomic mass is 10.0. The zero-order valence-electron chi connectivity index (χ0n) is 17.4. The number of amides is 1. The molecule has 2 aromatic rings. The van der Waals surface area contributed by atoms with Gasteiger partial charge in [-0.05, 0) is 85.0 Å². The van der Waals surface area contributed by atoms with E-state index in [1.54, 1.807) is 0 Å². The maximum Gasteiger partial charge on any atom is 0.272 e. The van der Waals surface area contributed by atoms with Crippen LogP contribution in [-0.4, -0.2) is 83.4 Å². The predicted octanol–water partition coefficient (Wildman–Crippen LogP) is 2.44. The number of aromatic nitrogens is 2. The van der Waals surface area contributed by atoms with Crippen LogP contribution in [0, 0.1) is 13.8 Å². The Balaban J connectivity index is 1.71. The van der Waals surface area contributed by atoms with Gasteiger partial charge in [0.25, 0.3) is 5.91 Å². The van der Waals surface area contributed by atoms with Gasteiger partial charge in [0.15, 0.2) is 0 Å². The Hall–Kier alpha value is -1.92. The molecule has 0 aliphatic carbocycles. The summed E-state index contributed by atoms with van der Waals surface area (Å²) in [6, 6.07) is 4.50. The summed E-state index contributed by atoms with van der Waals surface area (Å²) in [4.78, 5) is 24.6. The van der Waals surface area contributed by atoms with E-state index in [1.165, 1.54) is 0 Å². The Morgan fingerprint density at radius 1 is 1.26 bits per heavy atom. The Morgan fingerprint density at radius 2 is 2.04 bits per heavy atom. The Morgan fingerprint density at radius 3 is 2.78 bits per heavy atom. The van der Waals surface area contributed by atoms with E-state index in [2.05, 4.69) is 35.9 Å². The number of carbonyl (C=O) groups is 1. The number of likely N-dealkylation sites (tertiary alicyclic amines) is 1. The average molecular weight is 372 g/mol. The molecule has 1 aliphatic rings. The number of aryl methyl sites for hydroxylation is 2. The van der Waals surface area contributed by atoms with Gasteiger partial charge in [0, 0.05) is 25.3 Å². The molecule has 0 bridgehead atoms. The van der Waals surface area contributed by atoms with Crippen LogP contribution in [0.25, 0.3) is 5.65 Å². The van der Waals surface area contributed by atoms with Crippen LogP contribution in [0.1, 0.15) is 41.0 Å². The number of piperidine rings is 1. The fourth-order valence-electron chi connectivity index (χ4n) is 3.99. The minimum Gasteiger partial charge on any atom is -0.336 e. The molecule has 1 saturated heterocycles. The molecule has 0 spiro atoms. The minimum atomic E-state index is 0.107. The smallest absolute Gasteiger partial charge is 0.272 e. The summed E-state index contributed by atoms with van der Waals surface area (Å²) in [5, 5.41) is 0. The van der Waals surface area contributed by atoms with Gasteiger partial charge in [0.1, 0.15) is 11.3 Å². The number of hydrogen-bond donors (Lipinski definition) is 0. The standard InChI is InChI=1S/C21H33N5O/c1-16-9-13-26-19(14-16)22-17(2)20(26)21(27)25-12-6-8-18(15-25)24(5)11-7-10-23(3)4/h9,13-14,18H,6-8,10-12,15H2,1-5H3. The first kappa shape index (κ1) is 19.8. The molecule has 1 amide bonds. The maximum atomic E-state index is 13.3. The average Bonchev–Trinajstić information content (AvgIpc) is 2.95. The van der Waals surface area contributed by atoms with Gasteiger partial charge in [-0.25, -0.2) is 4.98 Å². The van der Waals surface area contributed by atoms with Crippen LogP contribution < -0.4 is 0 Å². The summed E-state index contributed by atoms with van der Waals surface area (Å²) in [6.07, 6.45) is 5.34. The lowest BCUT2D eigenvalue weighted by Crippen LogP contribution is -2.49. The van der Waals surface area contributed by atoms with Crippen molar-refractivity contribution in [3.05, 3.63) is 35.3 Å². The largest absolute Gasteiger partial charge is 0.336 e. The van der Waals surface area contributed by atoms with Gasteiger partial charge in [-0.3, -0.25) is 9.20 Å². The lowest BCUT2D eigenvalue weighted by Gasteiger charge is -2.37. The van der Waals surface area contributed by atoms with Crippen LogP contribution in [0.4, 0.5) is 0 Å². The molecule has 3 rings (SSSR count). The van der Waals surface area contributed by atoms with Crippen LogP contribution in [0.5, 0.6) is 0 Å². The van der Waals surface area contributed by atoms with Crippen LogP contribution >= 0.6 is 0 Å². The summed E-state index contributed by atoms with van der Waals surface area (Å²) in [5.41, 5.74) is 3.53. The quantitative estimate of drug-likeness (QED) is 0.782. The van der Waals surface area contributed by atoms with E-state index in [9.17, 15) is 4.79 Å². The second kappa shape index (κ2) is 8.40. The number of fused-ring (bicyclic) bond motifs is 1. The number of hydrogen-bond acceptors (Lipinski definition) is 4. The van der Waals surface area contributed by atoms with Crippen molar-refractivity contribution in [2.75, 3.05) is 47.3 Å². The first-order chi connectivity index (χ1) is 12.9. The van der Waals surface area contributed by atoms with E-state index < -0.39 is 0 Å². The van der Waals surface area contributed by atoms with Crippen molar-refractivity contribution in [3.63, 3.8) is 0 Å². The topological polar surface area (TPSA) is 44.1 Å². The van der Waals surface area contributed by atoms with E-state index >= 15 is 0 Å². The number of carbonyl (C=O) groups excluding carboxylic acids is 1. The van der Waals surface area contributed by atoms with Crippen molar-refractivity contribution < 1.29 is 4.79 Å². The van der Waals surface area contributed by atoms with Crippen molar-refractivity contribution in [3.8, 4) is 0 Å². The van der Waals surface area contributed by atoms with Crippen LogP contribution in [0.2, 0.25) is 0 Å². The number of nitrogens with zero attached hydrogens (tertiary/aromatic N) is 5. The SMILES string of the molecule is Cc1ccn2c(C(=O)N3CCCC(N(C)CCCN(C)C)C3)c(C)nc2c1. The van der Waals surface area contributed by atoms with Crippen molar-refractivity contribution >= 4 is 11.6 Å². The zero-order chi connectivity index (χ0) is 19.6. The molecule has 0 N–H and O–H groups in total. The number of imidazole rings is 1. The number of rotatable bonds is 6.